The van der Waals surface area contributed by atoms with E-state index in [0.29, 0.717) is 12.2 Å². The van der Waals surface area contributed by atoms with Gasteiger partial charge in [0, 0.05) is 30.6 Å². The van der Waals surface area contributed by atoms with Crippen molar-refractivity contribution < 1.29 is 0 Å². The molecule has 0 spiro atoms. The molecule has 1 aromatic carbocycles. The van der Waals surface area contributed by atoms with E-state index >= 15 is 0 Å². The number of benzene rings is 1. The summed E-state index contributed by atoms with van der Waals surface area (Å²) in [5.74, 6) is 0. The predicted molar refractivity (Wildman–Crippen MR) is 91.6 cm³/mol. The fraction of sp³-hybridized carbons (Fsp3) is 0.111. The van der Waals surface area contributed by atoms with Crippen LogP contribution in [-0.4, -0.2) is 24.4 Å². The summed E-state index contributed by atoms with van der Waals surface area (Å²) in [4.78, 5) is 16.1. The number of fused-ring (bicyclic) bond motifs is 1. The van der Waals surface area contributed by atoms with E-state index in [9.17, 15) is 4.79 Å². The molecule has 6 heteroatoms. The summed E-state index contributed by atoms with van der Waals surface area (Å²) in [5, 5.41) is 9.18. The van der Waals surface area contributed by atoms with Gasteiger partial charge in [0.25, 0.3) is 5.56 Å². The minimum atomic E-state index is -0.114. The van der Waals surface area contributed by atoms with Crippen LogP contribution in [0.1, 0.15) is 6.92 Å². The summed E-state index contributed by atoms with van der Waals surface area (Å²) in [7, 11) is 0. The Labute approximate surface area is 138 Å². The van der Waals surface area contributed by atoms with Crippen LogP contribution in [0.25, 0.3) is 28.0 Å². The highest BCUT2D eigenvalue weighted by Crippen LogP contribution is 2.33. The van der Waals surface area contributed by atoms with Crippen LogP contribution in [0.2, 0.25) is 0 Å². The average Bonchev–Trinajstić information content (AvgIpc) is 3.02. The largest absolute Gasteiger partial charge is 0.268 e. The van der Waals surface area contributed by atoms with Gasteiger partial charge in [0.05, 0.1) is 23.0 Å². The maximum absolute atomic E-state index is 11.9. The Kier molecular flexibility index (Phi) is 3.42. The standard InChI is InChI=1S/C18H15N5O/c1-2-22-16(24)9-8-14(20-22)17-15-12-19-10-11-23(15)21-18(17)13-6-4-3-5-7-13/h3-12H,2H2,1H3. The first kappa shape index (κ1) is 14.3. The Balaban J connectivity index is 2.05. The van der Waals surface area contributed by atoms with Gasteiger partial charge < -0.3 is 0 Å². The normalized spacial score (nSPS) is 11.0. The number of aromatic nitrogens is 5. The van der Waals surface area contributed by atoms with Gasteiger partial charge in [-0.25, -0.2) is 9.20 Å². The van der Waals surface area contributed by atoms with Crippen LogP contribution >= 0.6 is 0 Å². The molecule has 0 aliphatic carbocycles. The first-order valence-electron chi connectivity index (χ1n) is 7.74. The fourth-order valence-corrected chi connectivity index (χ4v) is 2.76. The molecule has 3 aromatic heterocycles. The smallest absolute Gasteiger partial charge is 0.266 e. The topological polar surface area (TPSA) is 65.1 Å². The highest BCUT2D eigenvalue weighted by atomic mass is 16.1. The fourth-order valence-electron chi connectivity index (χ4n) is 2.76. The summed E-state index contributed by atoms with van der Waals surface area (Å²) >= 11 is 0. The zero-order valence-electron chi connectivity index (χ0n) is 13.1. The van der Waals surface area contributed by atoms with E-state index < -0.39 is 0 Å². The number of rotatable bonds is 3. The zero-order chi connectivity index (χ0) is 16.5. The summed E-state index contributed by atoms with van der Waals surface area (Å²) in [5.41, 5.74) is 4.13. The second-order valence-electron chi connectivity index (χ2n) is 5.37. The van der Waals surface area contributed by atoms with Crippen LogP contribution < -0.4 is 5.56 Å². The molecule has 24 heavy (non-hydrogen) atoms. The quantitative estimate of drug-likeness (QED) is 0.582. The molecule has 0 bridgehead atoms. The van der Waals surface area contributed by atoms with Crippen LogP contribution in [0.15, 0.2) is 65.8 Å². The number of hydrogen-bond donors (Lipinski definition) is 0. The van der Waals surface area contributed by atoms with E-state index in [-0.39, 0.29) is 5.56 Å². The van der Waals surface area contributed by atoms with Gasteiger partial charge in [0.2, 0.25) is 0 Å². The number of nitrogens with zero attached hydrogens (tertiary/aromatic N) is 5. The average molecular weight is 317 g/mol. The monoisotopic (exact) mass is 317 g/mol. The van der Waals surface area contributed by atoms with Gasteiger partial charge in [-0.1, -0.05) is 30.3 Å². The maximum Gasteiger partial charge on any atom is 0.266 e. The van der Waals surface area contributed by atoms with Crippen LogP contribution in [0.3, 0.4) is 0 Å². The lowest BCUT2D eigenvalue weighted by Gasteiger charge is -2.06. The molecule has 6 nitrogen and oxygen atoms in total. The molecule has 4 aromatic rings. The Bertz CT molecular complexity index is 1070. The van der Waals surface area contributed by atoms with Crippen molar-refractivity contribution in [3.63, 3.8) is 0 Å². The van der Waals surface area contributed by atoms with Gasteiger partial charge in [0.1, 0.15) is 5.69 Å². The summed E-state index contributed by atoms with van der Waals surface area (Å²) in [6.07, 6.45) is 5.26. The molecular weight excluding hydrogens is 302 g/mol. The van der Waals surface area contributed by atoms with Gasteiger partial charge in [-0.15, -0.1) is 0 Å². The first-order chi connectivity index (χ1) is 11.8. The molecule has 118 valence electrons. The third kappa shape index (κ3) is 2.28. The molecule has 3 heterocycles. The molecule has 0 aliphatic rings. The summed E-state index contributed by atoms with van der Waals surface area (Å²) < 4.78 is 3.23. The molecule has 0 saturated heterocycles. The first-order valence-corrected chi connectivity index (χ1v) is 7.74. The Hall–Kier alpha value is -3.28. The Morgan fingerprint density at radius 2 is 1.88 bits per heavy atom. The van der Waals surface area contributed by atoms with Gasteiger partial charge in [-0.05, 0) is 13.0 Å². The third-order valence-electron chi connectivity index (χ3n) is 3.91. The molecule has 0 amide bonds. The third-order valence-corrected chi connectivity index (χ3v) is 3.91. The zero-order valence-corrected chi connectivity index (χ0v) is 13.1. The highest BCUT2D eigenvalue weighted by molar-refractivity contribution is 5.90. The second-order valence-corrected chi connectivity index (χ2v) is 5.37. The van der Waals surface area contributed by atoms with Crippen molar-refractivity contribution in [2.45, 2.75) is 13.5 Å². The van der Waals surface area contributed by atoms with Gasteiger partial charge >= 0.3 is 0 Å². The van der Waals surface area contributed by atoms with E-state index in [1.54, 1.807) is 35.2 Å². The van der Waals surface area contributed by atoms with E-state index in [4.69, 9.17) is 0 Å². The van der Waals surface area contributed by atoms with Crippen molar-refractivity contribution in [3.8, 4) is 22.5 Å². The van der Waals surface area contributed by atoms with Crippen molar-refractivity contribution >= 4 is 5.52 Å². The lowest BCUT2D eigenvalue weighted by atomic mass is 10.0. The summed E-state index contributed by atoms with van der Waals surface area (Å²) in [6.45, 7) is 2.42. The van der Waals surface area contributed by atoms with Crippen molar-refractivity contribution in [1.82, 2.24) is 24.4 Å². The van der Waals surface area contributed by atoms with Crippen LogP contribution in [0.4, 0.5) is 0 Å². The summed E-state index contributed by atoms with van der Waals surface area (Å²) in [6, 6.07) is 13.2. The Morgan fingerprint density at radius 3 is 2.67 bits per heavy atom. The molecule has 0 unspecified atom stereocenters. The predicted octanol–water partition coefficient (Wildman–Crippen LogP) is 2.64. The van der Waals surface area contributed by atoms with Gasteiger partial charge in [-0.3, -0.25) is 9.78 Å². The number of hydrogen-bond acceptors (Lipinski definition) is 4. The van der Waals surface area contributed by atoms with Gasteiger partial charge in [0.15, 0.2) is 0 Å². The van der Waals surface area contributed by atoms with E-state index in [1.807, 2.05) is 37.3 Å². The SMILES string of the molecule is CCn1nc(-c2c(-c3ccccc3)nn3ccncc23)ccc1=O. The second kappa shape index (κ2) is 5.73. The molecular formula is C18H15N5O. The van der Waals surface area contributed by atoms with Crippen molar-refractivity contribution in [3.05, 3.63) is 71.4 Å². The lowest BCUT2D eigenvalue weighted by Crippen LogP contribution is -2.21. The molecule has 0 N–H and O–H groups in total. The lowest BCUT2D eigenvalue weighted by molar-refractivity contribution is 0.619. The highest BCUT2D eigenvalue weighted by Gasteiger charge is 2.18. The minimum absolute atomic E-state index is 0.114. The Morgan fingerprint density at radius 1 is 1.04 bits per heavy atom. The molecule has 0 radical (unpaired) electrons. The van der Waals surface area contributed by atoms with E-state index in [0.717, 1.165) is 22.3 Å². The van der Waals surface area contributed by atoms with Crippen molar-refractivity contribution in [2.75, 3.05) is 0 Å². The van der Waals surface area contributed by atoms with Crippen LogP contribution in [-0.2, 0) is 6.54 Å². The van der Waals surface area contributed by atoms with E-state index in [2.05, 4.69) is 15.2 Å². The van der Waals surface area contributed by atoms with Crippen LogP contribution in [0.5, 0.6) is 0 Å². The van der Waals surface area contributed by atoms with Gasteiger partial charge in [-0.2, -0.15) is 10.2 Å². The van der Waals surface area contributed by atoms with Crippen molar-refractivity contribution in [1.29, 1.82) is 0 Å². The molecule has 0 saturated carbocycles. The molecule has 0 fully saturated rings. The molecule has 0 aliphatic heterocycles. The minimum Gasteiger partial charge on any atom is -0.268 e. The number of aryl methyl sites for hydroxylation is 1. The molecule has 0 atom stereocenters. The maximum atomic E-state index is 11.9. The molecule has 4 rings (SSSR count). The van der Waals surface area contributed by atoms with E-state index in [1.165, 1.54) is 4.68 Å². The van der Waals surface area contributed by atoms with Crippen molar-refractivity contribution in [2.24, 2.45) is 0 Å². The van der Waals surface area contributed by atoms with Crippen LogP contribution in [0, 0.1) is 0 Å².